The summed E-state index contributed by atoms with van der Waals surface area (Å²) in [6, 6.07) is 10.0. The number of likely N-dealkylation sites (N-methyl/N-ethyl adjacent to an activating group) is 1. The van der Waals surface area contributed by atoms with E-state index in [4.69, 9.17) is 4.74 Å². The first-order valence-electron chi connectivity index (χ1n) is 8.81. The molecular formula is C20H29FN2O2. The minimum atomic E-state index is -0.501. The molecule has 1 heterocycles. The van der Waals surface area contributed by atoms with Crippen LogP contribution in [0.4, 0.5) is 9.18 Å². The van der Waals surface area contributed by atoms with E-state index in [2.05, 4.69) is 0 Å². The molecule has 1 saturated heterocycles. The number of benzene rings is 1. The Kier molecular flexibility index (Phi) is 6.59. The molecule has 1 fully saturated rings. The fraction of sp³-hybridized carbons (Fsp3) is 0.550. The zero-order valence-corrected chi connectivity index (χ0v) is 15.7. The molecule has 0 N–H and O–H groups in total. The monoisotopic (exact) mass is 348 g/mol. The molecule has 4 nitrogen and oxygen atoms in total. The third-order valence-corrected chi connectivity index (χ3v) is 4.11. The van der Waals surface area contributed by atoms with E-state index in [1.165, 1.54) is 5.56 Å². The van der Waals surface area contributed by atoms with Gasteiger partial charge in [0.15, 0.2) is 0 Å². The van der Waals surface area contributed by atoms with Crippen LogP contribution in [0, 0.1) is 0 Å². The van der Waals surface area contributed by atoms with Gasteiger partial charge in [0, 0.05) is 19.6 Å². The summed E-state index contributed by atoms with van der Waals surface area (Å²) in [4.78, 5) is 15.7. The summed E-state index contributed by atoms with van der Waals surface area (Å²) in [5, 5.41) is 0. The third kappa shape index (κ3) is 6.50. The lowest BCUT2D eigenvalue weighted by Crippen LogP contribution is -2.40. The molecule has 1 aliphatic rings. The van der Waals surface area contributed by atoms with Gasteiger partial charge < -0.3 is 9.64 Å². The average molecular weight is 348 g/mol. The Labute approximate surface area is 150 Å². The number of carbonyl (C=O) groups is 1. The van der Waals surface area contributed by atoms with Crippen LogP contribution in [0.5, 0.6) is 0 Å². The number of ether oxygens (including phenoxy) is 1. The van der Waals surface area contributed by atoms with E-state index in [1.54, 1.807) is 4.90 Å². The molecule has 1 aliphatic heterocycles. The number of rotatable bonds is 4. The van der Waals surface area contributed by atoms with Gasteiger partial charge >= 0.3 is 6.09 Å². The van der Waals surface area contributed by atoms with Gasteiger partial charge in [-0.05, 0) is 51.8 Å². The highest BCUT2D eigenvalue weighted by molar-refractivity contribution is 5.68. The van der Waals surface area contributed by atoms with E-state index in [0.717, 1.165) is 5.57 Å². The van der Waals surface area contributed by atoms with Crippen LogP contribution in [0.25, 0.3) is 0 Å². The highest BCUT2D eigenvalue weighted by atomic mass is 19.1. The van der Waals surface area contributed by atoms with E-state index in [0.29, 0.717) is 39.0 Å². The summed E-state index contributed by atoms with van der Waals surface area (Å²) in [6.07, 6.45) is 0.835. The van der Waals surface area contributed by atoms with Crippen LogP contribution in [0.3, 0.4) is 0 Å². The van der Waals surface area contributed by atoms with E-state index in [9.17, 15) is 9.18 Å². The van der Waals surface area contributed by atoms with Crippen molar-refractivity contribution in [2.45, 2.75) is 45.8 Å². The van der Waals surface area contributed by atoms with E-state index in [1.807, 2.05) is 63.1 Å². The maximum absolute atomic E-state index is 14.5. The first-order chi connectivity index (χ1) is 11.7. The van der Waals surface area contributed by atoms with Crippen LogP contribution >= 0.6 is 0 Å². The molecule has 0 saturated carbocycles. The second kappa shape index (κ2) is 8.48. The first kappa shape index (κ1) is 19.4. The van der Waals surface area contributed by atoms with Crippen LogP contribution in [-0.4, -0.2) is 48.2 Å². The molecule has 0 spiro atoms. The van der Waals surface area contributed by atoms with Gasteiger partial charge in [-0.25, -0.2) is 9.18 Å². The predicted molar refractivity (Wildman–Crippen MR) is 98.0 cm³/mol. The molecule has 0 unspecified atom stereocenters. The molecule has 5 heteroatoms. The molecular weight excluding hydrogens is 319 g/mol. The molecule has 0 radical (unpaired) electrons. The minimum absolute atomic E-state index is 0.0673. The summed E-state index contributed by atoms with van der Waals surface area (Å²) in [6.45, 7) is 7.59. The second-order valence-corrected chi connectivity index (χ2v) is 7.63. The summed E-state index contributed by atoms with van der Waals surface area (Å²) >= 11 is 0. The highest BCUT2D eigenvalue weighted by Gasteiger charge is 2.25. The van der Waals surface area contributed by atoms with Gasteiger partial charge in [-0.3, -0.25) is 4.90 Å². The van der Waals surface area contributed by atoms with Crippen molar-refractivity contribution in [1.29, 1.82) is 0 Å². The van der Waals surface area contributed by atoms with Gasteiger partial charge in [0.25, 0.3) is 0 Å². The predicted octanol–water partition coefficient (Wildman–Crippen LogP) is 4.37. The topological polar surface area (TPSA) is 32.8 Å². The lowest BCUT2D eigenvalue weighted by atomic mass is 10.0. The maximum Gasteiger partial charge on any atom is 0.410 e. The molecule has 0 atom stereocenters. The van der Waals surface area contributed by atoms with Crippen molar-refractivity contribution in [2.24, 2.45) is 0 Å². The van der Waals surface area contributed by atoms with Crippen LogP contribution < -0.4 is 0 Å². The summed E-state index contributed by atoms with van der Waals surface area (Å²) in [7, 11) is 1.92. The molecule has 1 aromatic carbocycles. The quantitative estimate of drug-likeness (QED) is 0.810. The Hall–Kier alpha value is -1.88. The minimum Gasteiger partial charge on any atom is -0.444 e. The number of amides is 1. The SMILES string of the molecule is CN(CC(F)=C1CCN(C(=O)OC(C)(C)C)CC1)Cc1ccccc1. The number of nitrogens with zero attached hydrogens (tertiary/aromatic N) is 2. The average Bonchev–Trinajstić information content (AvgIpc) is 2.54. The highest BCUT2D eigenvalue weighted by Crippen LogP contribution is 2.23. The Morgan fingerprint density at radius 1 is 1.20 bits per heavy atom. The van der Waals surface area contributed by atoms with Crippen molar-refractivity contribution in [3.05, 3.63) is 47.3 Å². The fourth-order valence-electron chi connectivity index (χ4n) is 2.86. The molecule has 1 amide bonds. The maximum atomic E-state index is 14.5. The molecule has 0 bridgehead atoms. The number of hydrogen-bond donors (Lipinski definition) is 0. The van der Waals surface area contributed by atoms with Gasteiger partial charge in [0.05, 0.1) is 6.54 Å². The molecule has 1 aromatic rings. The van der Waals surface area contributed by atoms with Crippen LogP contribution in [-0.2, 0) is 11.3 Å². The van der Waals surface area contributed by atoms with Crippen molar-refractivity contribution in [3.8, 4) is 0 Å². The van der Waals surface area contributed by atoms with Crippen LogP contribution in [0.2, 0.25) is 0 Å². The number of piperidine rings is 1. The molecule has 2 rings (SSSR count). The zero-order valence-electron chi connectivity index (χ0n) is 15.7. The van der Waals surface area contributed by atoms with Crippen molar-refractivity contribution < 1.29 is 13.9 Å². The number of likely N-dealkylation sites (tertiary alicyclic amines) is 1. The van der Waals surface area contributed by atoms with E-state index < -0.39 is 5.60 Å². The number of carbonyl (C=O) groups excluding carboxylic acids is 1. The van der Waals surface area contributed by atoms with Crippen molar-refractivity contribution in [1.82, 2.24) is 9.80 Å². The van der Waals surface area contributed by atoms with Gasteiger partial charge in [-0.1, -0.05) is 30.3 Å². The lowest BCUT2D eigenvalue weighted by Gasteiger charge is -2.31. The van der Waals surface area contributed by atoms with E-state index in [-0.39, 0.29) is 11.9 Å². The van der Waals surface area contributed by atoms with Gasteiger partial charge in [-0.15, -0.1) is 0 Å². The largest absolute Gasteiger partial charge is 0.444 e. The standard InChI is InChI=1S/C20H29FN2O2/c1-20(2,3)25-19(24)23-12-10-17(11-13-23)18(21)15-22(4)14-16-8-6-5-7-9-16/h5-9H,10-15H2,1-4H3. The van der Waals surface area contributed by atoms with Crippen LogP contribution in [0.15, 0.2) is 41.7 Å². The van der Waals surface area contributed by atoms with Crippen molar-refractivity contribution >= 4 is 6.09 Å². The fourth-order valence-corrected chi connectivity index (χ4v) is 2.86. The van der Waals surface area contributed by atoms with Gasteiger partial charge in [-0.2, -0.15) is 0 Å². The Balaban J connectivity index is 1.84. The summed E-state index contributed by atoms with van der Waals surface area (Å²) in [5.41, 5.74) is 1.49. The molecule has 138 valence electrons. The van der Waals surface area contributed by atoms with Crippen molar-refractivity contribution in [2.75, 3.05) is 26.7 Å². The summed E-state index contributed by atoms with van der Waals surface area (Å²) in [5.74, 6) is -0.0673. The Morgan fingerprint density at radius 3 is 2.36 bits per heavy atom. The Bertz CT molecular complexity index is 598. The number of hydrogen-bond acceptors (Lipinski definition) is 3. The third-order valence-electron chi connectivity index (χ3n) is 4.11. The number of halogens is 1. The van der Waals surface area contributed by atoms with Gasteiger partial charge in [0.2, 0.25) is 0 Å². The Morgan fingerprint density at radius 2 is 1.80 bits per heavy atom. The zero-order chi connectivity index (χ0) is 18.4. The second-order valence-electron chi connectivity index (χ2n) is 7.63. The van der Waals surface area contributed by atoms with Crippen LogP contribution in [0.1, 0.15) is 39.2 Å². The van der Waals surface area contributed by atoms with Crippen molar-refractivity contribution in [3.63, 3.8) is 0 Å². The first-order valence-corrected chi connectivity index (χ1v) is 8.81. The molecule has 0 aromatic heterocycles. The van der Waals surface area contributed by atoms with Gasteiger partial charge in [0.1, 0.15) is 11.4 Å². The lowest BCUT2D eigenvalue weighted by molar-refractivity contribution is 0.0234. The summed E-state index contributed by atoms with van der Waals surface area (Å²) < 4.78 is 19.9. The molecule has 0 aliphatic carbocycles. The normalized spacial score (nSPS) is 15.4. The van der Waals surface area contributed by atoms with E-state index >= 15 is 0 Å². The molecule has 25 heavy (non-hydrogen) atoms. The smallest absolute Gasteiger partial charge is 0.410 e.